The zero-order chi connectivity index (χ0) is 21.1. The van der Waals surface area contributed by atoms with E-state index in [1.54, 1.807) is 7.11 Å². The predicted octanol–water partition coefficient (Wildman–Crippen LogP) is 5.80. The van der Waals surface area contributed by atoms with Gasteiger partial charge in [-0.15, -0.1) is 0 Å². The molecule has 0 fully saturated rings. The fraction of sp³-hybridized carbons (Fsp3) is 0.240. The van der Waals surface area contributed by atoms with Crippen LogP contribution < -0.4 is 14.8 Å². The number of anilines is 1. The SMILES string of the molecule is COc1ccc(-c2nc3c(OCc4ccccc4)cccn3c2NC(C)(C)C)cc1. The molecule has 0 saturated carbocycles. The van der Waals surface area contributed by atoms with E-state index in [0.717, 1.165) is 39.8 Å². The summed E-state index contributed by atoms with van der Waals surface area (Å²) < 4.78 is 13.5. The van der Waals surface area contributed by atoms with E-state index in [-0.39, 0.29) is 5.54 Å². The minimum absolute atomic E-state index is 0.127. The number of hydrogen-bond donors (Lipinski definition) is 1. The van der Waals surface area contributed by atoms with Crippen LogP contribution in [0, 0.1) is 0 Å². The van der Waals surface area contributed by atoms with Crippen LogP contribution in [0.3, 0.4) is 0 Å². The molecule has 4 rings (SSSR count). The Balaban J connectivity index is 1.78. The van der Waals surface area contributed by atoms with Crippen molar-refractivity contribution in [1.82, 2.24) is 9.38 Å². The van der Waals surface area contributed by atoms with Gasteiger partial charge in [0, 0.05) is 17.3 Å². The van der Waals surface area contributed by atoms with Crippen LogP contribution in [0.4, 0.5) is 5.82 Å². The van der Waals surface area contributed by atoms with E-state index in [0.29, 0.717) is 6.61 Å². The van der Waals surface area contributed by atoms with Gasteiger partial charge in [-0.05, 0) is 62.7 Å². The fourth-order valence-electron chi connectivity index (χ4n) is 3.32. The summed E-state index contributed by atoms with van der Waals surface area (Å²) in [7, 11) is 1.67. The van der Waals surface area contributed by atoms with E-state index in [1.165, 1.54) is 0 Å². The first kappa shape index (κ1) is 19.8. The molecule has 1 N–H and O–H groups in total. The van der Waals surface area contributed by atoms with Gasteiger partial charge in [-0.25, -0.2) is 4.98 Å². The van der Waals surface area contributed by atoms with Crippen LogP contribution in [0.15, 0.2) is 72.9 Å². The summed E-state index contributed by atoms with van der Waals surface area (Å²) >= 11 is 0. The topological polar surface area (TPSA) is 47.8 Å². The highest BCUT2D eigenvalue weighted by molar-refractivity contribution is 5.79. The van der Waals surface area contributed by atoms with Crippen molar-refractivity contribution in [2.45, 2.75) is 32.9 Å². The van der Waals surface area contributed by atoms with Crippen molar-refractivity contribution in [2.75, 3.05) is 12.4 Å². The van der Waals surface area contributed by atoms with Gasteiger partial charge in [-0.2, -0.15) is 0 Å². The Kier molecular flexibility index (Phi) is 5.36. The van der Waals surface area contributed by atoms with Gasteiger partial charge < -0.3 is 14.8 Å². The van der Waals surface area contributed by atoms with Gasteiger partial charge in [0.05, 0.1) is 7.11 Å². The number of nitrogens with zero attached hydrogens (tertiary/aromatic N) is 2. The molecule has 5 heteroatoms. The largest absolute Gasteiger partial charge is 0.497 e. The van der Waals surface area contributed by atoms with Crippen LogP contribution >= 0.6 is 0 Å². The summed E-state index contributed by atoms with van der Waals surface area (Å²) in [4.78, 5) is 4.97. The Morgan fingerprint density at radius 1 is 0.933 bits per heavy atom. The van der Waals surface area contributed by atoms with E-state index >= 15 is 0 Å². The second-order valence-electron chi connectivity index (χ2n) is 8.25. The van der Waals surface area contributed by atoms with Crippen LogP contribution in [0.25, 0.3) is 16.9 Å². The number of ether oxygens (including phenoxy) is 2. The Morgan fingerprint density at radius 2 is 1.67 bits per heavy atom. The summed E-state index contributed by atoms with van der Waals surface area (Å²) in [6, 6.07) is 22.1. The van der Waals surface area contributed by atoms with Crippen molar-refractivity contribution in [3.05, 3.63) is 78.5 Å². The molecule has 30 heavy (non-hydrogen) atoms. The molecular formula is C25H27N3O2. The zero-order valence-corrected chi connectivity index (χ0v) is 17.8. The lowest BCUT2D eigenvalue weighted by molar-refractivity contribution is 0.308. The number of methoxy groups -OCH3 is 1. The van der Waals surface area contributed by atoms with Crippen molar-refractivity contribution >= 4 is 11.5 Å². The molecule has 0 aliphatic carbocycles. The summed E-state index contributed by atoms with van der Waals surface area (Å²) in [5, 5.41) is 3.61. The van der Waals surface area contributed by atoms with Crippen LogP contribution in [-0.4, -0.2) is 22.0 Å². The lowest BCUT2D eigenvalue weighted by Gasteiger charge is -2.22. The highest BCUT2D eigenvalue weighted by Gasteiger charge is 2.21. The summed E-state index contributed by atoms with van der Waals surface area (Å²) in [6.07, 6.45) is 2.01. The molecule has 2 heterocycles. The normalized spacial score (nSPS) is 11.5. The average Bonchev–Trinajstić information content (AvgIpc) is 3.10. The molecule has 0 saturated heterocycles. The zero-order valence-electron chi connectivity index (χ0n) is 17.8. The van der Waals surface area contributed by atoms with Crippen molar-refractivity contribution in [1.29, 1.82) is 0 Å². The number of fused-ring (bicyclic) bond motifs is 1. The molecule has 2 aromatic heterocycles. The van der Waals surface area contributed by atoms with Crippen molar-refractivity contribution in [2.24, 2.45) is 0 Å². The average molecular weight is 402 g/mol. The standard InChI is InChI=1S/C25H27N3O2/c1-25(2,3)27-24-22(19-12-14-20(29-4)15-13-19)26-23-21(11-8-16-28(23)24)30-17-18-9-6-5-7-10-18/h5-16,27H,17H2,1-4H3. The number of benzene rings is 2. The van der Waals surface area contributed by atoms with Gasteiger partial charge in [-0.1, -0.05) is 30.3 Å². The third kappa shape index (κ3) is 4.25. The highest BCUT2D eigenvalue weighted by Crippen LogP contribution is 2.34. The molecule has 2 aromatic carbocycles. The fourth-order valence-corrected chi connectivity index (χ4v) is 3.32. The van der Waals surface area contributed by atoms with E-state index in [9.17, 15) is 0 Å². The quantitative estimate of drug-likeness (QED) is 0.444. The Hall–Kier alpha value is -3.47. The number of nitrogens with one attached hydrogen (secondary N) is 1. The second kappa shape index (κ2) is 8.11. The van der Waals surface area contributed by atoms with E-state index < -0.39 is 0 Å². The number of aromatic nitrogens is 2. The van der Waals surface area contributed by atoms with Crippen LogP contribution in [0.1, 0.15) is 26.3 Å². The lowest BCUT2D eigenvalue weighted by Crippen LogP contribution is -2.27. The second-order valence-corrected chi connectivity index (χ2v) is 8.25. The molecule has 0 aliphatic rings. The predicted molar refractivity (Wildman–Crippen MR) is 121 cm³/mol. The molecule has 154 valence electrons. The van der Waals surface area contributed by atoms with Crippen LogP contribution in [-0.2, 0) is 6.61 Å². The molecule has 0 aliphatic heterocycles. The molecule has 0 atom stereocenters. The maximum Gasteiger partial charge on any atom is 0.181 e. The van der Waals surface area contributed by atoms with Crippen molar-refractivity contribution in [3.8, 4) is 22.8 Å². The number of imidazole rings is 1. The van der Waals surface area contributed by atoms with Gasteiger partial charge in [0.25, 0.3) is 0 Å². The number of rotatable bonds is 6. The Labute approximate surface area is 177 Å². The van der Waals surface area contributed by atoms with E-state index in [4.69, 9.17) is 14.5 Å². The van der Waals surface area contributed by atoms with Crippen LogP contribution in [0.5, 0.6) is 11.5 Å². The minimum Gasteiger partial charge on any atom is -0.497 e. The van der Waals surface area contributed by atoms with Crippen molar-refractivity contribution in [3.63, 3.8) is 0 Å². The summed E-state index contributed by atoms with van der Waals surface area (Å²) in [6.45, 7) is 6.91. The van der Waals surface area contributed by atoms with Gasteiger partial charge in [0.15, 0.2) is 11.4 Å². The molecule has 0 bridgehead atoms. The smallest absolute Gasteiger partial charge is 0.181 e. The van der Waals surface area contributed by atoms with Crippen LogP contribution in [0.2, 0.25) is 0 Å². The maximum atomic E-state index is 6.15. The first-order valence-corrected chi connectivity index (χ1v) is 10.0. The molecular weight excluding hydrogens is 374 g/mol. The third-order valence-corrected chi connectivity index (χ3v) is 4.71. The summed E-state index contributed by atoms with van der Waals surface area (Å²) in [5.74, 6) is 2.51. The third-order valence-electron chi connectivity index (χ3n) is 4.71. The van der Waals surface area contributed by atoms with Gasteiger partial charge in [0.2, 0.25) is 0 Å². The minimum atomic E-state index is -0.127. The highest BCUT2D eigenvalue weighted by atomic mass is 16.5. The van der Waals surface area contributed by atoms with E-state index in [1.807, 2.05) is 60.8 Å². The molecule has 0 spiro atoms. The monoisotopic (exact) mass is 401 g/mol. The first-order chi connectivity index (χ1) is 14.4. The Bertz CT molecular complexity index is 1130. The molecule has 0 radical (unpaired) electrons. The molecule has 0 amide bonds. The van der Waals surface area contributed by atoms with Gasteiger partial charge in [-0.3, -0.25) is 4.40 Å². The lowest BCUT2D eigenvalue weighted by atomic mass is 10.1. The first-order valence-electron chi connectivity index (χ1n) is 10.0. The Morgan fingerprint density at radius 3 is 2.33 bits per heavy atom. The summed E-state index contributed by atoms with van der Waals surface area (Å²) in [5.41, 5.74) is 3.67. The van der Waals surface area contributed by atoms with Gasteiger partial charge in [0.1, 0.15) is 23.9 Å². The maximum absolute atomic E-state index is 6.15. The molecule has 0 unspecified atom stereocenters. The van der Waals surface area contributed by atoms with E-state index in [2.05, 4.69) is 42.6 Å². The molecule has 5 nitrogen and oxygen atoms in total. The molecule has 4 aromatic rings. The number of pyridine rings is 1. The van der Waals surface area contributed by atoms with Crippen molar-refractivity contribution < 1.29 is 9.47 Å². The van der Waals surface area contributed by atoms with Gasteiger partial charge >= 0.3 is 0 Å². The number of hydrogen-bond acceptors (Lipinski definition) is 4.